The molecule has 1 rings (SSSR count). The lowest BCUT2D eigenvalue weighted by atomic mass is 10.1. The Labute approximate surface area is 163 Å². The minimum atomic E-state index is -4.38. The lowest BCUT2D eigenvalue weighted by molar-refractivity contribution is -0.137. The molecule has 0 aromatic heterocycles. The second-order valence-electron chi connectivity index (χ2n) is 5.30. The topological polar surface area (TPSA) is 70.6 Å². The highest BCUT2D eigenvalue weighted by molar-refractivity contribution is 14.0. The second kappa shape index (κ2) is 10.8. The van der Waals surface area contributed by atoms with Gasteiger partial charge in [-0.3, -0.25) is 0 Å². The number of benzene rings is 1. The Morgan fingerprint density at radius 1 is 1.24 bits per heavy atom. The van der Waals surface area contributed by atoms with Gasteiger partial charge >= 0.3 is 6.18 Å². The summed E-state index contributed by atoms with van der Waals surface area (Å²) in [6.45, 7) is 2.94. The van der Waals surface area contributed by atoms with E-state index < -0.39 is 21.6 Å². The number of nitrogens with one attached hydrogen (secondary N) is 2. The minimum Gasteiger partial charge on any atom is -0.357 e. The fraction of sp³-hybridized carbons (Fsp3) is 0.533. The molecule has 1 aromatic rings. The van der Waals surface area contributed by atoms with Crippen molar-refractivity contribution in [3.05, 3.63) is 35.4 Å². The number of sulfone groups is 1. The number of aliphatic imine (C=N–C) groups is 1. The van der Waals surface area contributed by atoms with E-state index in [2.05, 4.69) is 15.6 Å². The van der Waals surface area contributed by atoms with Gasteiger partial charge in [-0.05, 0) is 31.0 Å². The van der Waals surface area contributed by atoms with E-state index in [-0.39, 0.29) is 36.3 Å². The van der Waals surface area contributed by atoms with Gasteiger partial charge in [0, 0.05) is 19.3 Å². The van der Waals surface area contributed by atoms with Gasteiger partial charge in [0.05, 0.1) is 17.9 Å². The molecule has 0 bridgehead atoms. The van der Waals surface area contributed by atoms with E-state index in [0.717, 1.165) is 12.1 Å². The molecule has 0 amide bonds. The van der Waals surface area contributed by atoms with Gasteiger partial charge in [0.15, 0.2) is 5.96 Å². The third-order valence-corrected chi connectivity index (χ3v) is 4.03. The molecule has 10 heteroatoms. The van der Waals surface area contributed by atoms with Crippen molar-refractivity contribution >= 4 is 39.8 Å². The average Bonchev–Trinajstić information content (AvgIpc) is 2.47. The molecule has 0 heterocycles. The molecule has 0 atom stereocenters. The van der Waals surface area contributed by atoms with E-state index in [1.807, 2.05) is 6.92 Å². The monoisotopic (exact) mass is 493 g/mol. The van der Waals surface area contributed by atoms with E-state index in [1.54, 1.807) is 6.07 Å². The Kier molecular flexibility index (Phi) is 10.4. The molecule has 0 spiro atoms. The number of guanidine groups is 1. The van der Waals surface area contributed by atoms with Crippen LogP contribution in [0.2, 0.25) is 0 Å². The van der Waals surface area contributed by atoms with Crippen molar-refractivity contribution in [3.63, 3.8) is 0 Å². The average molecular weight is 493 g/mol. The van der Waals surface area contributed by atoms with Crippen LogP contribution in [-0.4, -0.2) is 39.5 Å². The van der Waals surface area contributed by atoms with Crippen LogP contribution in [0.4, 0.5) is 13.2 Å². The van der Waals surface area contributed by atoms with Crippen molar-refractivity contribution in [3.8, 4) is 0 Å². The number of halogens is 4. The van der Waals surface area contributed by atoms with E-state index in [0.29, 0.717) is 31.0 Å². The zero-order valence-electron chi connectivity index (χ0n) is 14.1. The Morgan fingerprint density at radius 2 is 1.92 bits per heavy atom. The summed E-state index contributed by atoms with van der Waals surface area (Å²) in [4.78, 5) is 4.22. The fourth-order valence-corrected chi connectivity index (χ4v) is 2.57. The van der Waals surface area contributed by atoms with Crippen LogP contribution in [0.5, 0.6) is 0 Å². The van der Waals surface area contributed by atoms with Crippen LogP contribution in [0.3, 0.4) is 0 Å². The van der Waals surface area contributed by atoms with Crippen LogP contribution in [0.15, 0.2) is 29.3 Å². The molecular formula is C15H23F3IN3O2S. The van der Waals surface area contributed by atoms with E-state index >= 15 is 0 Å². The zero-order valence-corrected chi connectivity index (χ0v) is 17.2. The number of hydrogen-bond donors (Lipinski definition) is 2. The molecule has 0 aliphatic carbocycles. The standard InChI is InChI=1S/C15H22F3N3O2S.HI/c1-3-19-14(20-8-5-9-24(2,22)23)21-11-12-6-4-7-13(10-12)15(16,17)18;/h4,6-7,10H,3,5,8-9,11H2,1-2H3,(H2,19,20,21);1H. The molecule has 0 unspecified atom stereocenters. The van der Waals surface area contributed by atoms with Crippen molar-refractivity contribution < 1.29 is 21.6 Å². The number of hydrogen-bond acceptors (Lipinski definition) is 3. The molecule has 0 aliphatic rings. The third-order valence-electron chi connectivity index (χ3n) is 3.00. The van der Waals surface area contributed by atoms with Crippen LogP contribution in [0.25, 0.3) is 0 Å². The minimum absolute atomic E-state index is 0. The zero-order chi connectivity index (χ0) is 18.2. The van der Waals surface area contributed by atoms with Gasteiger partial charge in [-0.15, -0.1) is 24.0 Å². The Balaban J connectivity index is 0.00000576. The maximum Gasteiger partial charge on any atom is 0.416 e. The van der Waals surface area contributed by atoms with Crippen molar-refractivity contribution in [1.82, 2.24) is 10.6 Å². The molecule has 0 saturated carbocycles. The smallest absolute Gasteiger partial charge is 0.357 e. The first-order valence-electron chi connectivity index (χ1n) is 7.48. The summed E-state index contributed by atoms with van der Waals surface area (Å²) in [7, 11) is -3.02. The van der Waals surface area contributed by atoms with Crippen LogP contribution < -0.4 is 10.6 Å². The summed E-state index contributed by atoms with van der Waals surface area (Å²) in [5.74, 6) is 0.496. The molecule has 0 aliphatic heterocycles. The second-order valence-corrected chi connectivity index (χ2v) is 7.56. The lowest BCUT2D eigenvalue weighted by Crippen LogP contribution is -2.38. The number of nitrogens with zero attached hydrogens (tertiary/aromatic N) is 1. The van der Waals surface area contributed by atoms with Crippen molar-refractivity contribution in [2.45, 2.75) is 26.1 Å². The Bertz CT molecular complexity index is 664. The van der Waals surface area contributed by atoms with E-state index in [1.165, 1.54) is 12.3 Å². The highest BCUT2D eigenvalue weighted by atomic mass is 127. The molecule has 5 nitrogen and oxygen atoms in total. The van der Waals surface area contributed by atoms with E-state index in [4.69, 9.17) is 0 Å². The van der Waals surface area contributed by atoms with Gasteiger partial charge in [0.1, 0.15) is 9.84 Å². The summed E-state index contributed by atoms with van der Waals surface area (Å²) >= 11 is 0. The molecule has 0 radical (unpaired) electrons. The highest BCUT2D eigenvalue weighted by Gasteiger charge is 2.30. The largest absolute Gasteiger partial charge is 0.416 e. The van der Waals surface area contributed by atoms with E-state index in [9.17, 15) is 21.6 Å². The van der Waals surface area contributed by atoms with Gasteiger partial charge in [-0.25, -0.2) is 13.4 Å². The van der Waals surface area contributed by atoms with Crippen molar-refractivity contribution in [2.75, 3.05) is 25.1 Å². The van der Waals surface area contributed by atoms with Gasteiger partial charge in [0.25, 0.3) is 0 Å². The van der Waals surface area contributed by atoms with Crippen LogP contribution in [-0.2, 0) is 22.6 Å². The number of alkyl halides is 3. The van der Waals surface area contributed by atoms with Crippen LogP contribution in [0, 0.1) is 0 Å². The van der Waals surface area contributed by atoms with Gasteiger partial charge in [-0.2, -0.15) is 13.2 Å². The summed E-state index contributed by atoms with van der Waals surface area (Å²) in [5, 5.41) is 5.92. The Morgan fingerprint density at radius 3 is 2.48 bits per heavy atom. The summed E-state index contributed by atoms with van der Waals surface area (Å²) in [6, 6.07) is 5.00. The molecule has 2 N–H and O–H groups in total. The first-order chi connectivity index (χ1) is 11.1. The summed E-state index contributed by atoms with van der Waals surface area (Å²) in [5.41, 5.74) is -0.264. The van der Waals surface area contributed by atoms with Gasteiger partial charge in [0.2, 0.25) is 0 Å². The SMILES string of the molecule is CCNC(=NCc1cccc(C(F)(F)F)c1)NCCCS(C)(=O)=O.I. The molecule has 0 saturated heterocycles. The first-order valence-corrected chi connectivity index (χ1v) is 9.54. The van der Waals surface area contributed by atoms with Crippen molar-refractivity contribution in [1.29, 1.82) is 0 Å². The quantitative estimate of drug-likeness (QED) is 0.265. The molecular weight excluding hydrogens is 470 g/mol. The predicted molar refractivity (Wildman–Crippen MR) is 104 cm³/mol. The van der Waals surface area contributed by atoms with Crippen LogP contribution in [0.1, 0.15) is 24.5 Å². The summed E-state index contributed by atoms with van der Waals surface area (Å²) in [6.07, 6.45) is -2.79. The van der Waals surface area contributed by atoms with Gasteiger partial charge in [-0.1, -0.05) is 12.1 Å². The molecule has 1 aromatic carbocycles. The Hall–Kier alpha value is -1.04. The van der Waals surface area contributed by atoms with Crippen LogP contribution >= 0.6 is 24.0 Å². The molecule has 0 fully saturated rings. The van der Waals surface area contributed by atoms with Gasteiger partial charge < -0.3 is 10.6 Å². The van der Waals surface area contributed by atoms with Crippen molar-refractivity contribution in [2.24, 2.45) is 4.99 Å². The third kappa shape index (κ3) is 10.5. The fourth-order valence-electron chi connectivity index (χ4n) is 1.90. The normalized spacial score (nSPS) is 12.4. The maximum atomic E-state index is 12.7. The first kappa shape index (κ1) is 24.0. The molecule has 144 valence electrons. The predicted octanol–water partition coefficient (Wildman–Crippen LogP) is 2.81. The lowest BCUT2D eigenvalue weighted by Gasteiger charge is -2.11. The molecule has 25 heavy (non-hydrogen) atoms. The maximum absolute atomic E-state index is 12.7. The number of rotatable bonds is 7. The summed E-state index contributed by atoms with van der Waals surface area (Å²) < 4.78 is 60.2. The highest BCUT2D eigenvalue weighted by Crippen LogP contribution is 2.29.